The van der Waals surface area contributed by atoms with Gasteiger partial charge in [-0.15, -0.1) is 11.6 Å². The van der Waals surface area contributed by atoms with Gasteiger partial charge < -0.3 is 4.74 Å². The van der Waals surface area contributed by atoms with Crippen molar-refractivity contribution in [2.75, 3.05) is 31.3 Å². The van der Waals surface area contributed by atoms with Gasteiger partial charge in [-0.3, -0.25) is 0 Å². The van der Waals surface area contributed by atoms with Crippen LogP contribution in [0.2, 0.25) is 0 Å². The second kappa shape index (κ2) is 4.57. The van der Waals surface area contributed by atoms with Gasteiger partial charge in [0.05, 0.1) is 18.5 Å². The highest BCUT2D eigenvalue weighted by atomic mass is 35.5. The van der Waals surface area contributed by atoms with Crippen LogP contribution >= 0.6 is 11.6 Å². The van der Waals surface area contributed by atoms with Crippen molar-refractivity contribution in [3.05, 3.63) is 0 Å². The number of ether oxygens (including phenoxy) is 1. The number of morpholine rings is 1. The van der Waals surface area contributed by atoms with Gasteiger partial charge in [-0.25, -0.2) is 8.42 Å². The molecular weight excluding hydrogens is 238 g/mol. The van der Waals surface area contributed by atoms with Crippen LogP contribution in [0.3, 0.4) is 0 Å². The molecule has 1 atom stereocenters. The highest BCUT2D eigenvalue weighted by Gasteiger charge is 2.34. The normalized spacial score (nSPS) is 29.3. The van der Waals surface area contributed by atoms with Crippen molar-refractivity contribution < 1.29 is 13.2 Å². The molecule has 0 amide bonds. The first kappa shape index (κ1) is 11.6. The second-order valence-electron chi connectivity index (χ2n) is 4.23. The molecule has 1 unspecified atom stereocenters. The van der Waals surface area contributed by atoms with Gasteiger partial charge in [-0.05, 0) is 18.8 Å². The van der Waals surface area contributed by atoms with Gasteiger partial charge in [0.15, 0.2) is 0 Å². The van der Waals surface area contributed by atoms with Crippen molar-refractivity contribution in [3.63, 3.8) is 0 Å². The quantitative estimate of drug-likeness (QED) is 0.692. The highest BCUT2D eigenvalue weighted by Crippen LogP contribution is 2.31. The minimum absolute atomic E-state index is 0.144. The average Bonchev–Trinajstić information content (AvgIpc) is 3.01. The lowest BCUT2D eigenvalue weighted by atomic mass is 10.3. The van der Waals surface area contributed by atoms with E-state index in [1.54, 1.807) is 0 Å². The fourth-order valence-corrected chi connectivity index (χ4v) is 3.80. The monoisotopic (exact) mass is 253 g/mol. The van der Waals surface area contributed by atoms with Crippen LogP contribution in [-0.4, -0.2) is 50.2 Å². The fraction of sp³-hybridized carbons (Fsp3) is 1.00. The third-order valence-corrected chi connectivity index (χ3v) is 5.17. The van der Waals surface area contributed by atoms with E-state index in [2.05, 4.69) is 0 Å². The van der Waals surface area contributed by atoms with Gasteiger partial charge in [-0.2, -0.15) is 4.31 Å². The van der Waals surface area contributed by atoms with Gasteiger partial charge in [0, 0.05) is 19.0 Å². The van der Waals surface area contributed by atoms with Crippen molar-refractivity contribution in [3.8, 4) is 0 Å². The fourth-order valence-electron chi connectivity index (χ4n) is 1.73. The van der Waals surface area contributed by atoms with Gasteiger partial charge >= 0.3 is 0 Å². The van der Waals surface area contributed by atoms with E-state index in [0.29, 0.717) is 37.2 Å². The summed E-state index contributed by atoms with van der Waals surface area (Å²) in [4.78, 5) is 0. The van der Waals surface area contributed by atoms with Gasteiger partial charge in [0.1, 0.15) is 0 Å². The lowest BCUT2D eigenvalue weighted by molar-refractivity contribution is 0.0122. The minimum atomic E-state index is -3.07. The van der Waals surface area contributed by atoms with Crippen LogP contribution < -0.4 is 0 Å². The van der Waals surface area contributed by atoms with Crippen LogP contribution in [0.1, 0.15) is 12.8 Å². The molecule has 2 rings (SSSR count). The van der Waals surface area contributed by atoms with Crippen LogP contribution in [0.15, 0.2) is 0 Å². The number of sulfonamides is 1. The van der Waals surface area contributed by atoms with E-state index < -0.39 is 10.0 Å². The maximum atomic E-state index is 11.9. The molecule has 88 valence electrons. The topological polar surface area (TPSA) is 46.6 Å². The third-order valence-electron chi connectivity index (χ3n) is 2.81. The maximum absolute atomic E-state index is 11.9. The predicted molar refractivity (Wildman–Crippen MR) is 58.5 cm³/mol. The zero-order valence-electron chi connectivity index (χ0n) is 8.56. The van der Waals surface area contributed by atoms with Crippen LogP contribution in [-0.2, 0) is 14.8 Å². The third kappa shape index (κ3) is 3.06. The van der Waals surface area contributed by atoms with Crippen LogP contribution in [0.5, 0.6) is 0 Å². The Morgan fingerprint density at radius 2 is 2.13 bits per heavy atom. The smallest absolute Gasteiger partial charge is 0.214 e. The van der Waals surface area contributed by atoms with E-state index in [0.717, 1.165) is 12.8 Å². The molecule has 0 N–H and O–H groups in total. The van der Waals surface area contributed by atoms with Crippen molar-refractivity contribution in [2.45, 2.75) is 18.9 Å². The Hall–Kier alpha value is 0.160. The van der Waals surface area contributed by atoms with Crippen LogP contribution in [0.4, 0.5) is 0 Å². The first-order chi connectivity index (χ1) is 7.12. The standard InChI is InChI=1S/C9H16ClNO3S/c10-5-9-6-11(3-4-14-9)15(12,13)7-8-1-2-8/h8-9H,1-7H2. The summed E-state index contributed by atoms with van der Waals surface area (Å²) in [5, 5.41) is 0. The Morgan fingerprint density at radius 1 is 1.40 bits per heavy atom. The van der Waals surface area contributed by atoms with E-state index in [1.807, 2.05) is 0 Å². The summed E-state index contributed by atoms with van der Waals surface area (Å²) < 4.78 is 30.7. The first-order valence-corrected chi connectivity index (χ1v) is 7.41. The summed E-state index contributed by atoms with van der Waals surface area (Å²) in [5.74, 6) is 1.06. The molecule has 1 aliphatic heterocycles. The van der Waals surface area contributed by atoms with Crippen molar-refractivity contribution in [2.24, 2.45) is 5.92 Å². The van der Waals surface area contributed by atoms with Gasteiger partial charge in [0.2, 0.25) is 10.0 Å². The highest BCUT2D eigenvalue weighted by molar-refractivity contribution is 7.89. The summed E-state index contributed by atoms with van der Waals surface area (Å²) >= 11 is 5.67. The summed E-state index contributed by atoms with van der Waals surface area (Å²) in [6.45, 7) is 1.35. The lowest BCUT2D eigenvalue weighted by Crippen LogP contribution is -2.47. The van der Waals surface area contributed by atoms with Crippen LogP contribution in [0.25, 0.3) is 0 Å². The second-order valence-corrected chi connectivity index (χ2v) is 6.55. The Bertz CT molecular complexity index is 315. The Morgan fingerprint density at radius 3 is 2.73 bits per heavy atom. The molecule has 0 aromatic rings. The van der Waals surface area contributed by atoms with Gasteiger partial charge in [-0.1, -0.05) is 0 Å². The molecular formula is C9H16ClNO3S. The first-order valence-electron chi connectivity index (χ1n) is 5.27. The SMILES string of the molecule is O=S(=O)(CC1CC1)N1CCOC(CCl)C1. The average molecular weight is 254 g/mol. The van der Waals surface area contributed by atoms with Gasteiger partial charge in [0.25, 0.3) is 0 Å². The molecule has 6 heteroatoms. The van der Waals surface area contributed by atoms with Crippen LogP contribution in [0, 0.1) is 5.92 Å². The largest absolute Gasteiger partial charge is 0.374 e. The molecule has 0 aromatic carbocycles. The zero-order chi connectivity index (χ0) is 10.9. The molecule has 0 spiro atoms. The van der Waals surface area contributed by atoms with E-state index in [9.17, 15) is 8.42 Å². The zero-order valence-corrected chi connectivity index (χ0v) is 10.1. The molecule has 2 fully saturated rings. The molecule has 4 nitrogen and oxygen atoms in total. The molecule has 15 heavy (non-hydrogen) atoms. The van der Waals surface area contributed by atoms with E-state index in [4.69, 9.17) is 16.3 Å². The predicted octanol–water partition coefficient (Wildman–Crippen LogP) is 0.666. The molecule has 1 aliphatic carbocycles. The lowest BCUT2D eigenvalue weighted by Gasteiger charge is -2.31. The molecule has 1 heterocycles. The summed E-state index contributed by atoms with van der Waals surface area (Å²) in [6.07, 6.45) is 1.97. The van der Waals surface area contributed by atoms with E-state index in [-0.39, 0.29) is 6.10 Å². The van der Waals surface area contributed by atoms with Crippen molar-refractivity contribution >= 4 is 21.6 Å². The van der Waals surface area contributed by atoms with E-state index >= 15 is 0 Å². The minimum Gasteiger partial charge on any atom is -0.374 e. The van der Waals surface area contributed by atoms with Crippen molar-refractivity contribution in [1.29, 1.82) is 0 Å². The molecule has 1 saturated heterocycles. The summed E-state index contributed by atoms with van der Waals surface area (Å²) in [5.41, 5.74) is 0. The number of rotatable bonds is 4. The summed E-state index contributed by atoms with van der Waals surface area (Å²) in [6, 6.07) is 0. The summed E-state index contributed by atoms with van der Waals surface area (Å²) in [7, 11) is -3.07. The number of hydrogen-bond donors (Lipinski definition) is 0. The maximum Gasteiger partial charge on any atom is 0.214 e. The number of halogens is 1. The molecule has 0 aromatic heterocycles. The van der Waals surface area contributed by atoms with E-state index in [1.165, 1.54) is 4.31 Å². The Balaban J connectivity index is 1.95. The Kier molecular flexibility index (Phi) is 3.55. The van der Waals surface area contributed by atoms with Crippen molar-refractivity contribution in [1.82, 2.24) is 4.31 Å². The molecule has 0 bridgehead atoms. The number of hydrogen-bond acceptors (Lipinski definition) is 3. The number of alkyl halides is 1. The molecule has 1 saturated carbocycles. The molecule has 0 radical (unpaired) electrons. The Labute approximate surface area is 95.6 Å². The molecule has 2 aliphatic rings. The number of nitrogens with zero attached hydrogens (tertiary/aromatic N) is 1.